The number of aliphatic hydroxyl groups is 1. The fourth-order valence-corrected chi connectivity index (χ4v) is 2.11. The molecule has 5 nitrogen and oxygen atoms in total. The van der Waals surface area contributed by atoms with Crippen molar-refractivity contribution in [1.82, 2.24) is 10.2 Å². The standard InChI is InChI=1S/C11H16N4OS/c1-11(16)3-6-15(7-4-11)10-8(9(12)17)2-5-13-14-10/h2,5,16H,3-4,6-7H2,1H3,(H2,12,17). The molecule has 0 amide bonds. The lowest BCUT2D eigenvalue weighted by atomic mass is 9.94. The number of anilines is 1. The number of thiocarbonyl (C=S) groups is 1. The van der Waals surface area contributed by atoms with Gasteiger partial charge in [0.25, 0.3) is 0 Å². The van der Waals surface area contributed by atoms with Gasteiger partial charge in [-0.15, -0.1) is 5.10 Å². The van der Waals surface area contributed by atoms with Gasteiger partial charge < -0.3 is 15.7 Å². The summed E-state index contributed by atoms with van der Waals surface area (Å²) < 4.78 is 0. The average Bonchev–Trinajstić information content (AvgIpc) is 2.29. The van der Waals surface area contributed by atoms with Crippen LogP contribution in [0.15, 0.2) is 12.3 Å². The largest absolute Gasteiger partial charge is 0.390 e. The van der Waals surface area contributed by atoms with Crippen LogP contribution in [0.25, 0.3) is 0 Å². The molecule has 0 spiro atoms. The molecule has 0 unspecified atom stereocenters. The summed E-state index contributed by atoms with van der Waals surface area (Å²) in [6.07, 6.45) is 3.00. The molecule has 0 bridgehead atoms. The molecular formula is C11H16N4OS. The third-order valence-electron chi connectivity index (χ3n) is 3.11. The van der Waals surface area contributed by atoms with E-state index < -0.39 is 5.60 Å². The zero-order valence-corrected chi connectivity index (χ0v) is 10.6. The number of rotatable bonds is 2. The van der Waals surface area contributed by atoms with Crippen molar-refractivity contribution in [3.63, 3.8) is 0 Å². The van der Waals surface area contributed by atoms with Crippen molar-refractivity contribution in [3.8, 4) is 0 Å². The molecular weight excluding hydrogens is 236 g/mol. The SMILES string of the molecule is CC1(O)CCN(c2nnccc2C(N)=S)CC1. The minimum Gasteiger partial charge on any atom is -0.390 e. The lowest BCUT2D eigenvalue weighted by molar-refractivity contribution is 0.0350. The van der Waals surface area contributed by atoms with Crippen LogP contribution in [0.1, 0.15) is 25.3 Å². The molecule has 1 aromatic heterocycles. The Kier molecular flexibility index (Phi) is 3.26. The molecule has 1 saturated heterocycles. The topological polar surface area (TPSA) is 75.3 Å². The average molecular weight is 252 g/mol. The third-order valence-corrected chi connectivity index (χ3v) is 3.33. The summed E-state index contributed by atoms with van der Waals surface area (Å²) in [5.41, 5.74) is 5.83. The van der Waals surface area contributed by atoms with Crippen LogP contribution in [-0.2, 0) is 0 Å². The second-order valence-electron chi connectivity index (χ2n) is 4.62. The van der Waals surface area contributed by atoms with E-state index in [4.69, 9.17) is 18.0 Å². The summed E-state index contributed by atoms with van der Waals surface area (Å²) in [5.74, 6) is 0.718. The third kappa shape index (κ3) is 2.70. The maximum atomic E-state index is 9.90. The van der Waals surface area contributed by atoms with Gasteiger partial charge in [0.2, 0.25) is 0 Å². The first kappa shape index (κ1) is 12.2. The molecule has 2 rings (SSSR count). The van der Waals surface area contributed by atoms with Crippen LogP contribution in [-0.4, -0.2) is 39.0 Å². The molecule has 1 aromatic rings. The minimum atomic E-state index is -0.581. The summed E-state index contributed by atoms with van der Waals surface area (Å²) in [5, 5.41) is 17.9. The Morgan fingerprint density at radius 2 is 2.18 bits per heavy atom. The fraction of sp³-hybridized carbons (Fsp3) is 0.545. The normalized spacial score (nSPS) is 19.1. The highest BCUT2D eigenvalue weighted by Gasteiger charge is 2.29. The van der Waals surface area contributed by atoms with Gasteiger partial charge in [-0.3, -0.25) is 0 Å². The van der Waals surface area contributed by atoms with E-state index in [9.17, 15) is 5.11 Å². The first-order valence-corrected chi connectivity index (χ1v) is 5.99. The lowest BCUT2D eigenvalue weighted by Crippen LogP contribution is -2.43. The maximum Gasteiger partial charge on any atom is 0.161 e. The molecule has 0 atom stereocenters. The molecule has 17 heavy (non-hydrogen) atoms. The summed E-state index contributed by atoms with van der Waals surface area (Å²) in [6, 6.07) is 1.78. The first-order valence-electron chi connectivity index (χ1n) is 5.58. The summed E-state index contributed by atoms with van der Waals surface area (Å²) >= 11 is 5.00. The summed E-state index contributed by atoms with van der Waals surface area (Å²) in [4.78, 5) is 2.40. The Hall–Kier alpha value is -1.27. The van der Waals surface area contributed by atoms with Crippen LogP contribution in [0.2, 0.25) is 0 Å². The van der Waals surface area contributed by atoms with E-state index in [2.05, 4.69) is 15.1 Å². The molecule has 3 N–H and O–H groups in total. The Morgan fingerprint density at radius 3 is 2.76 bits per heavy atom. The number of piperidine rings is 1. The summed E-state index contributed by atoms with van der Waals surface area (Å²) in [6.45, 7) is 3.33. The predicted molar refractivity (Wildman–Crippen MR) is 70.0 cm³/mol. The highest BCUT2D eigenvalue weighted by Crippen LogP contribution is 2.26. The molecule has 1 aliphatic heterocycles. The van der Waals surface area contributed by atoms with Crippen molar-refractivity contribution in [2.24, 2.45) is 5.73 Å². The van der Waals surface area contributed by atoms with Crippen LogP contribution in [0.3, 0.4) is 0 Å². The molecule has 1 aliphatic rings. The number of hydrogen-bond acceptors (Lipinski definition) is 5. The first-order chi connectivity index (χ1) is 7.99. The highest BCUT2D eigenvalue weighted by molar-refractivity contribution is 7.80. The Bertz CT molecular complexity index is 425. The smallest absolute Gasteiger partial charge is 0.161 e. The van der Waals surface area contributed by atoms with Crippen molar-refractivity contribution in [3.05, 3.63) is 17.8 Å². The van der Waals surface area contributed by atoms with Crippen LogP contribution in [0.4, 0.5) is 5.82 Å². The highest BCUT2D eigenvalue weighted by atomic mass is 32.1. The van der Waals surface area contributed by atoms with E-state index in [1.807, 2.05) is 6.92 Å². The van der Waals surface area contributed by atoms with Gasteiger partial charge in [0.1, 0.15) is 4.99 Å². The van der Waals surface area contributed by atoms with E-state index in [0.29, 0.717) is 17.8 Å². The Balaban J connectivity index is 2.21. The molecule has 92 valence electrons. The van der Waals surface area contributed by atoms with Crippen LogP contribution in [0, 0.1) is 0 Å². The Labute approximate surface area is 106 Å². The zero-order chi connectivity index (χ0) is 12.5. The Morgan fingerprint density at radius 1 is 1.53 bits per heavy atom. The molecule has 0 radical (unpaired) electrons. The molecule has 6 heteroatoms. The van der Waals surface area contributed by atoms with Crippen LogP contribution < -0.4 is 10.6 Å². The van der Waals surface area contributed by atoms with Crippen LogP contribution in [0.5, 0.6) is 0 Å². The van der Waals surface area contributed by atoms with E-state index in [0.717, 1.165) is 24.5 Å². The van der Waals surface area contributed by atoms with Gasteiger partial charge in [0.15, 0.2) is 5.82 Å². The van der Waals surface area contributed by atoms with E-state index in [1.54, 1.807) is 12.3 Å². The van der Waals surface area contributed by atoms with Crippen LogP contribution >= 0.6 is 12.2 Å². The van der Waals surface area contributed by atoms with Crippen molar-refractivity contribution in [2.45, 2.75) is 25.4 Å². The minimum absolute atomic E-state index is 0.326. The number of aromatic nitrogens is 2. The van der Waals surface area contributed by atoms with Gasteiger partial charge in [-0.05, 0) is 25.8 Å². The second-order valence-corrected chi connectivity index (χ2v) is 5.06. The van der Waals surface area contributed by atoms with Gasteiger partial charge in [-0.25, -0.2) is 0 Å². The van der Waals surface area contributed by atoms with Gasteiger partial charge in [0.05, 0.1) is 17.4 Å². The van der Waals surface area contributed by atoms with Gasteiger partial charge >= 0.3 is 0 Å². The zero-order valence-electron chi connectivity index (χ0n) is 9.76. The number of nitrogens with two attached hydrogens (primary N) is 1. The fourth-order valence-electron chi connectivity index (χ4n) is 1.95. The number of nitrogens with zero attached hydrogens (tertiary/aromatic N) is 3. The molecule has 0 aliphatic carbocycles. The van der Waals surface area contributed by atoms with Gasteiger partial charge in [-0.2, -0.15) is 5.10 Å². The van der Waals surface area contributed by atoms with E-state index in [-0.39, 0.29) is 0 Å². The number of hydrogen-bond donors (Lipinski definition) is 2. The molecule has 0 saturated carbocycles. The monoisotopic (exact) mass is 252 g/mol. The molecule has 1 fully saturated rings. The van der Waals surface area contributed by atoms with Crippen molar-refractivity contribution in [1.29, 1.82) is 0 Å². The van der Waals surface area contributed by atoms with E-state index in [1.165, 1.54) is 0 Å². The van der Waals surface area contributed by atoms with Gasteiger partial charge in [-0.1, -0.05) is 12.2 Å². The van der Waals surface area contributed by atoms with Gasteiger partial charge in [0, 0.05) is 13.1 Å². The van der Waals surface area contributed by atoms with Crippen molar-refractivity contribution < 1.29 is 5.11 Å². The second kappa shape index (κ2) is 4.54. The molecule has 0 aromatic carbocycles. The lowest BCUT2D eigenvalue weighted by Gasteiger charge is -2.36. The quantitative estimate of drug-likeness (QED) is 0.745. The van der Waals surface area contributed by atoms with Crippen molar-refractivity contribution in [2.75, 3.05) is 18.0 Å². The predicted octanol–water partition coefficient (Wildman–Crippen LogP) is 0.462. The molecule has 2 heterocycles. The van der Waals surface area contributed by atoms with Crippen molar-refractivity contribution >= 4 is 23.0 Å². The summed E-state index contributed by atoms with van der Waals surface area (Å²) in [7, 11) is 0. The maximum absolute atomic E-state index is 9.90. The van der Waals surface area contributed by atoms with E-state index >= 15 is 0 Å².